The van der Waals surface area contributed by atoms with E-state index in [0.717, 1.165) is 18.9 Å². The molecule has 0 amide bonds. The Morgan fingerprint density at radius 3 is 2.64 bits per heavy atom. The fourth-order valence-corrected chi connectivity index (χ4v) is 1.21. The van der Waals surface area contributed by atoms with Crippen LogP contribution >= 0.6 is 0 Å². The summed E-state index contributed by atoms with van der Waals surface area (Å²) in [6.45, 7) is 2.01. The van der Waals surface area contributed by atoms with E-state index in [1.807, 2.05) is 6.92 Å². The third-order valence-electron chi connectivity index (χ3n) is 1.99. The van der Waals surface area contributed by atoms with E-state index in [9.17, 15) is 13.2 Å². The van der Waals surface area contributed by atoms with Crippen LogP contribution in [-0.2, 0) is 0 Å². The van der Waals surface area contributed by atoms with E-state index in [0.29, 0.717) is 12.0 Å². The second kappa shape index (κ2) is 4.43. The van der Waals surface area contributed by atoms with Gasteiger partial charge in [0.15, 0.2) is 5.57 Å². The highest BCUT2D eigenvalue weighted by molar-refractivity contribution is 5.38. The van der Waals surface area contributed by atoms with Crippen LogP contribution in [0, 0.1) is 6.08 Å². The second-order valence-corrected chi connectivity index (χ2v) is 3.23. The zero-order valence-electron chi connectivity index (χ0n) is 7.99. The molecule has 0 saturated carbocycles. The Bertz CT molecular complexity index is 279. The van der Waals surface area contributed by atoms with Gasteiger partial charge in [0.05, 0.1) is 11.6 Å². The van der Waals surface area contributed by atoms with Crippen molar-refractivity contribution < 1.29 is 13.2 Å². The van der Waals surface area contributed by atoms with Crippen LogP contribution in [0.2, 0.25) is 0 Å². The Morgan fingerprint density at radius 1 is 1.36 bits per heavy atom. The summed E-state index contributed by atoms with van der Waals surface area (Å²) in [7, 11) is 0. The van der Waals surface area contributed by atoms with Gasteiger partial charge in [0.25, 0.3) is 0 Å². The van der Waals surface area contributed by atoms with Gasteiger partial charge in [0, 0.05) is 12.5 Å². The zero-order valence-corrected chi connectivity index (χ0v) is 7.99. The van der Waals surface area contributed by atoms with E-state index < -0.39 is 11.7 Å². The number of unbranched alkanes of at least 4 members (excludes halogenated alkanes) is 1. The topological polar surface area (TPSA) is 0 Å². The Kier molecular flexibility index (Phi) is 3.48. The molecule has 0 aliphatic heterocycles. The molecule has 0 saturated heterocycles. The molecule has 0 fully saturated rings. The molecule has 3 heteroatoms. The van der Waals surface area contributed by atoms with Gasteiger partial charge in [-0.15, -0.1) is 0 Å². The van der Waals surface area contributed by atoms with Crippen LogP contribution in [-0.4, -0.2) is 6.18 Å². The van der Waals surface area contributed by atoms with Crippen molar-refractivity contribution in [1.29, 1.82) is 0 Å². The molecule has 0 atom stereocenters. The molecular formula is C11H12F3+. The number of alkyl halides is 3. The first-order valence-corrected chi connectivity index (χ1v) is 4.61. The standard InChI is InChI=1S/C11H12F3/c1-2-3-5-9-6-4-7-10(8-9)11(12,13)14/h6-8H,2-3,5H2,1H3/q+1. The lowest BCUT2D eigenvalue weighted by Crippen LogP contribution is -2.11. The van der Waals surface area contributed by atoms with Crippen LogP contribution in [0.25, 0.3) is 0 Å². The van der Waals surface area contributed by atoms with E-state index in [4.69, 9.17) is 0 Å². The maximum atomic E-state index is 12.3. The van der Waals surface area contributed by atoms with Gasteiger partial charge < -0.3 is 0 Å². The molecule has 0 aromatic rings. The SMILES string of the molecule is CCCCC1=CC(C(F)(F)F)=C[C+]=C1. The molecule has 0 bridgehead atoms. The van der Waals surface area contributed by atoms with Gasteiger partial charge in [-0.25, -0.2) is 0 Å². The molecule has 0 aromatic heterocycles. The predicted octanol–water partition coefficient (Wildman–Crippen LogP) is 3.96. The highest BCUT2D eigenvalue weighted by Crippen LogP contribution is 2.30. The van der Waals surface area contributed by atoms with Crippen LogP contribution in [0.4, 0.5) is 13.2 Å². The van der Waals surface area contributed by atoms with Gasteiger partial charge in [-0.1, -0.05) is 13.3 Å². The van der Waals surface area contributed by atoms with Crippen LogP contribution in [0.15, 0.2) is 29.4 Å². The van der Waals surface area contributed by atoms with Crippen molar-refractivity contribution in [3.63, 3.8) is 0 Å². The number of hydrogen-bond donors (Lipinski definition) is 0. The minimum Gasteiger partial charge on any atom is -0.154 e. The van der Waals surface area contributed by atoms with Crippen molar-refractivity contribution in [3.8, 4) is 0 Å². The van der Waals surface area contributed by atoms with E-state index in [1.165, 1.54) is 6.08 Å². The quantitative estimate of drug-likeness (QED) is 0.606. The van der Waals surface area contributed by atoms with Crippen molar-refractivity contribution >= 4 is 0 Å². The van der Waals surface area contributed by atoms with Crippen molar-refractivity contribution in [2.24, 2.45) is 0 Å². The van der Waals surface area contributed by atoms with Crippen LogP contribution in [0.5, 0.6) is 0 Å². The first kappa shape index (κ1) is 11.0. The van der Waals surface area contributed by atoms with Crippen molar-refractivity contribution in [3.05, 3.63) is 35.5 Å². The summed E-state index contributed by atoms with van der Waals surface area (Å²) in [5.74, 6) is 0. The first-order valence-electron chi connectivity index (χ1n) is 4.61. The first-order chi connectivity index (χ1) is 6.54. The lowest BCUT2D eigenvalue weighted by Gasteiger charge is -2.03. The Hall–Kier alpha value is -1.08. The Morgan fingerprint density at radius 2 is 2.07 bits per heavy atom. The zero-order chi connectivity index (χ0) is 10.6. The lowest BCUT2D eigenvalue weighted by atomic mass is 10.0. The largest absolute Gasteiger partial charge is 0.467 e. The van der Waals surface area contributed by atoms with Gasteiger partial charge in [0.1, 0.15) is 12.2 Å². The van der Waals surface area contributed by atoms with Gasteiger partial charge in [0.2, 0.25) is 0 Å². The summed E-state index contributed by atoms with van der Waals surface area (Å²) >= 11 is 0. The molecule has 1 aliphatic carbocycles. The summed E-state index contributed by atoms with van der Waals surface area (Å²) in [6, 6.07) is 0. The summed E-state index contributed by atoms with van der Waals surface area (Å²) in [5.41, 5.74) is 0.104. The van der Waals surface area contributed by atoms with Crippen LogP contribution in [0.1, 0.15) is 26.2 Å². The van der Waals surface area contributed by atoms with E-state index in [-0.39, 0.29) is 0 Å². The molecule has 0 spiro atoms. The summed E-state index contributed by atoms with van der Waals surface area (Å²) in [6.07, 6.45) is 4.66. The third kappa shape index (κ3) is 3.00. The van der Waals surface area contributed by atoms with E-state index in [1.54, 1.807) is 6.08 Å². The van der Waals surface area contributed by atoms with Crippen LogP contribution < -0.4 is 0 Å². The Labute approximate surface area is 81.8 Å². The molecule has 0 heterocycles. The number of hydrogen-bond acceptors (Lipinski definition) is 0. The molecule has 0 radical (unpaired) electrons. The van der Waals surface area contributed by atoms with Crippen molar-refractivity contribution in [1.82, 2.24) is 0 Å². The molecule has 14 heavy (non-hydrogen) atoms. The van der Waals surface area contributed by atoms with Gasteiger partial charge in [-0.2, -0.15) is 13.2 Å². The summed E-state index contributed by atoms with van der Waals surface area (Å²) in [5, 5.41) is 0. The van der Waals surface area contributed by atoms with Gasteiger partial charge >= 0.3 is 6.18 Å². The lowest BCUT2D eigenvalue weighted by molar-refractivity contribution is -0.0883. The van der Waals surface area contributed by atoms with Crippen LogP contribution in [0.3, 0.4) is 0 Å². The fraction of sp³-hybridized carbons (Fsp3) is 0.455. The molecular weight excluding hydrogens is 189 g/mol. The number of halogens is 3. The third-order valence-corrected chi connectivity index (χ3v) is 1.99. The minimum atomic E-state index is -4.25. The van der Waals surface area contributed by atoms with Gasteiger partial charge in [-0.3, -0.25) is 0 Å². The maximum absolute atomic E-state index is 12.3. The molecule has 1 aliphatic rings. The Balaban J connectivity index is 2.70. The average Bonchev–Trinajstić information content (AvgIpc) is 2.14. The molecule has 1 rings (SSSR count). The second-order valence-electron chi connectivity index (χ2n) is 3.23. The smallest absolute Gasteiger partial charge is 0.154 e. The highest BCUT2D eigenvalue weighted by Gasteiger charge is 2.38. The monoisotopic (exact) mass is 201 g/mol. The highest BCUT2D eigenvalue weighted by atomic mass is 19.4. The minimum absolute atomic E-state index is 0.605. The average molecular weight is 201 g/mol. The van der Waals surface area contributed by atoms with Crippen molar-refractivity contribution in [2.45, 2.75) is 32.4 Å². The summed E-state index contributed by atoms with van der Waals surface area (Å²) < 4.78 is 36.8. The van der Waals surface area contributed by atoms with Crippen molar-refractivity contribution in [2.75, 3.05) is 0 Å². The molecule has 0 unspecified atom stereocenters. The normalized spacial score (nSPS) is 16.0. The van der Waals surface area contributed by atoms with E-state index in [2.05, 4.69) is 6.08 Å². The van der Waals surface area contributed by atoms with E-state index >= 15 is 0 Å². The molecule has 0 N–H and O–H groups in total. The molecule has 0 aromatic carbocycles. The summed E-state index contributed by atoms with van der Waals surface area (Å²) in [4.78, 5) is 0. The number of rotatable bonds is 3. The fourth-order valence-electron chi connectivity index (χ4n) is 1.21. The number of allylic oxidation sites excluding steroid dienone is 6. The van der Waals surface area contributed by atoms with Gasteiger partial charge in [-0.05, 0) is 6.42 Å². The predicted molar refractivity (Wildman–Crippen MR) is 49.6 cm³/mol. The molecule has 0 nitrogen and oxygen atoms in total. The molecule has 76 valence electrons. The maximum Gasteiger partial charge on any atom is 0.467 e.